The summed E-state index contributed by atoms with van der Waals surface area (Å²) in [5.74, 6) is -0.951. The van der Waals surface area contributed by atoms with Gasteiger partial charge in [-0.2, -0.15) is 0 Å². The highest BCUT2D eigenvalue weighted by molar-refractivity contribution is 6.02. The van der Waals surface area contributed by atoms with Crippen LogP contribution in [0, 0.1) is 5.92 Å². The number of aromatic amines is 1. The molecule has 0 aromatic carbocycles. The molecule has 1 aromatic rings. The Morgan fingerprint density at radius 3 is 3.00 bits per heavy atom. The Morgan fingerprint density at radius 1 is 1.53 bits per heavy atom. The summed E-state index contributed by atoms with van der Waals surface area (Å²) in [5, 5.41) is 11.5. The topological polar surface area (TPSA) is 104 Å². The number of amides is 1. The van der Waals surface area contributed by atoms with Gasteiger partial charge in [-0.15, -0.1) is 0 Å². The van der Waals surface area contributed by atoms with Crippen LogP contribution in [0.5, 0.6) is 0 Å². The van der Waals surface area contributed by atoms with E-state index in [1.54, 1.807) is 0 Å². The molecule has 104 valence electrons. The number of carbonyl (C=O) groups excluding carboxylic acids is 1. The van der Waals surface area contributed by atoms with Gasteiger partial charge in [0.1, 0.15) is 0 Å². The molecule has 0 saturated heterocycles. The lowest BCUT2D eigenvalue weighted by atomic mass is 10.3. The van der Waals surface area contributed by atoms with Crippen LogP contribution in [0.4, 0.5) is 0 Å². The van der Waals surface area contributed by atoms with Gasteiger partial charge in [-0.1, -0.05) is 0 Å². The van der Waals surface area contributed by atoms with Gasteiger partial charge in [0.05, 0.1) is 6.33 Å². The van der Waals surface area contributed by atoms with Gasteiger partial charge in [-0.25, -0.2) is 9.78 Å². The highest BCUT2D eigenvalue weighted by atomic mass is 16.5. The summed E-state index contributed by atoms with van der Waals surface area (Å²) in [6.07, 6.45) is 4.41. The van der Waals surface area contributed by atoms with E-state index in [0.29, 0.717) is 19.6 Å². The van der Waals surface area contributed by atoms with Gasteiger partial charge in [0.15, 0.2) is 11.4 Å². The van der Waals surface area contributed by atoms with Crippen molar-refractivity contribution in [2.45, 2.75) is 19.3 Å². The first-order valence-electron chi connectivity index (χ1n) is 6.31. The van der Waals surface area contributed by atoms with Gasteiger partial charge in [0.2, 0.25) is 0 Å². The summed E-state index contributed by atoms with van der Waals surface area (Å²) in [7, 11) is 0. The molecule has 1 aromatic heterocycles. The number of carboxylic acid groups (broad SMARTS) is 1. The summed E-state index contributed by atoms with van der Waals surface area (Å²) in [4.78, 5) is 28.6. The average Bonchev–Trinajstić information content (AvgIpc) is 3.06. The van der Waals surface area contributed by atoms with Crippen LogP contribution in [-0.2, 0) is 4.74 Å². The second kappa shape index (κ2) is 6.33. The normalized spacial score (nSPS) is 14.3. The second-order valence-corrected chi connectivity index (χ2v) is 4.56. The lowest BCUT2D eigenvalue weighted by molar-refractivity contribution is 0.0684. The summed E-state index contributed by atoms with van der Waals surface area (Å²) in [5.41, 5.74) is -0.283. The first kappa shape index (κ1) is 13.5. The summed E-state index contributed by atoms with van der Waals surface area (Å²) < 4.78 is 5.42. The Morgan fingerprint density at radius 2 is 2.32 bits per heavy atom. The van der Waals surface area contributed by atoms with E-state index in [-0.39, 0.29) is 11.4 Å². The van der Waals surface area contributed by atoms with E-state index < -0.39 is 11.9 Å². The van der Waals surface area contributed by atoms with Crippen molar-refractivity contribution in [2.24, 2.45) is 5.92 Å². The van der Waals surface area contributed by atoms with E-state index >= 15 is 0 Å². The Kier molecular flexibility index (Phi) is 4.51. The molecule has 1 saturated carbocycles. The van der Waals surface area contributed by atoms with Crippen molar-refractivity contribution < 1.29 is 19.4 Å². The van der Waals surface area contributed by atoms with E-state index in [4.69, 9.17) is 9.84 Å². The number of aromatic carboxylic acids is 1. The Hall–Kier alpha value is -1.89. The third-order valence-corrected chi connectivity index (χ3v) is 2.87. The van der Waals surface area contributed by atoms with Crippen LogP contribution in [0.25, 0.3) is 0 Å². The van der Waals surface area contributed by atoms with Crippen LogP contribution >= 0.6 is 0 Å². The number of nitrogens with zero attached hydrogens (tertiary/aromatic N) is 1. The molecule has 1 aliphatic rings. The van der Waals surface area contributed by atoms with E-state index in [1.807, 2.05) is 0 Å². The number of hydrogen-bond donors (Lipinski definition) is 3. The third kappa shape index (κ3) is 4.06. The van der Waals surface area contributed by atoms with Gasteiger partial charge < -0.3 is 20.1 Å². The zero-order valence-corrected chi connectivity index (χ0v) is 10.5. The first-order valence-corrected chi connectivity index (χ1v) is 6.31. The predicted octanol–water partition coefficient (Wildman–Crippen LogP) is 0.654. The SMILES string of the molecule is O=C(NCCCOCC1CC1)c1nc[nH]c1C(=O)O. The van der Waals surface area contributed by atoms with E-state index in [0.717, 1.165) is 12.5 Å². The monoisotopic (exact) mass is 267 g/mol. The van der Waals surface area contributed by atoms with Crippen molar-refractivity contribution in [3.05, 3.63) is 17.7 Å². The van der Waals surface area contributed by atoms with Crippen LogP contribution in [0.15, 0.2) is 6.33 Å². The van der Waals surface area contributed by atoms with Crippen molar-refractivity contribution in [3.8, 4) is 0 Å². The van der Waals surface area contributed by atoms with Gasteiger partial charge in [-0.05, 0) is 25.2 Å². The number of aromatic nitrogens is 2. The quantitative estimate of drug-likeness (QED) is 0.600. The van der Waals surface area contributed by atoms with Crippen LogP contribution in [0.1, 0.15) is 40.2 Å². The molecular formula is C12H17N3O4. The number of H-pyrrole nitrogens is 1. The van der Waals surface area contributed by atoms with Gasteiger partial charge >= 0.3 is 5.97 Å². The number of nitrogens with one attached hydrogen (secondary N) is 2. The Bertz CT molecular complexity index is 454. The summed E-state index contributed by atoms with van der Waals surface area (Å²) in [6, 6.07) is 0. The van der Waals surface area contributed by atoms with Gasteiger partial charge in [0, 0.05) is 19.8 Å². The van der Waals surface area contributed by atoms with Crippen molar-refractivity contribution in [1.82, 2.24) is 15.3 Å². The van der Waals surface area contributed by atoms with Crippen molar-refractivity contribution >= 4 is 11.9 Å². The third-order valence-electron chi connectivity index (χ3n) is 2.87. The molecule has 1 aliphatic carbocycles. The van der Waals surface area contributed by atoms with Gasteiger partial charge in [-0.3, -0.25) is 4.79 Å². The fraction of sp³-hybridized carbons (Fsp3) is 0.583. The minimum atomic E-state index is -1.20. The lowest BCUT2D eigenvalue weighted by Gasteiger charge is -2.05. The largest absolute Gasteiger partial charge is 0.477 e. The Labute approximate surface area is 110 Å². The minimum absolute atomic E-state index is 0.0913. The molecule has 0 spiro atoms. The Balaban J connectivity index is 1.65. The second-order valence-electron chi connectivity index (χ2n) is 4.56. The van der Waals surface area contributed by atoms with Gasteiger partial charge in [0.25, 0.3) is 5.91 Å². The fourth-order valence-electron chi connectivity index (χ4n) is 1.62. The molecule has 1 heterocycles. The van der Waals surface area contributed by atoms with E-state index in [1.165, 1.54) is 19.2 Å². The number of carboxylic acids is 1. The zero-order valence-electron chi connectivity index (χ0n) is 10.5. The van der Waals surface area contributed by atoms with E-state index in [9.17, 15) is 9.59 Å². The van der Waals surface area contributed by atoms with Crippen LogP contribution in [0.2, 0.25) is 0 Å². The number of ether oxygens (including phenoxy) is 1. The maximum atomic E-state index is 11.7. The molecule has 0 aliphatic heterocycles. The smallest absolute Gasteiger partial charge is 0.354 e. The highest BCUT2D eigenvalue weighted by Gasteiger charge is 2.21. The summed E-state index contributed by atoms with van der Waals surface area (Å²) >= 11 is 0. The van der Waals surface area contributed by atoms with Crippen molar-refractivity contribution in [1.29, 1.82) is 0 Å². The molecule has 0 unspecified atom stereocenters. The standard InChI is InChI=1S/C12H17N3O4/c16-11(9-10(12(17)18)15-7-14-9)13-4-1-5-19-6-8-2-3-8/h7-8H,1-6H2,(H,13,16)(H,14,15)(H,17,18). The minimum Gasteiger partial charge on any atom is -0.477 e. The maximum Gasteiger partial charge on any atom is 0.354 e. The van der Waals surface area contributed by atoms with E-state index in [2.05, 4.69) is 15.3 Å². The molecule has 1 amide bonds. The zero-order chi connectivity index (χ0) is 13.7. The maximum absolute atomic E-state index is 11.7. The summed E-state index contributed by atoms with van der Waals surface area (Å²) in [6.45, 7) is 1.84. The number of imidazole rings is 1. The molecular weight excluding hydrogens is 250 g/mol. The molecule has 0 bridgehead atoms. The predicted molar refractivity (Wildman–Crippen MR) is 66.0 cm³/mol. The lowest BCUT2D eigenvalue weighted by Crippen LogP contribution is -2.27. The van der Waals surface area contributed by atoms with Crippen LogP contribution in [0.3, 0.4) is 0 Å². The van der Waals surface area contributed by atoms with Crippen molar-refractivity contribution in [3.63, 3.8) is 0 Å². The average molecular weight is 267 g/mol. The molecule has 0 atom stereocenters. The van der Waals surface area contributed by atoms with Crippen LogP contribution in [-0.4, -0.2) is 46.7 Å². The molecule has 1 fully saturated rings. The van der Waals surface area contributed by atoms with Crippen molar-refractivity contribution in [2.75, 3.05) is 19.8 Å². The van der Waals surface area contributed by atoms with Crippen LogP contribution < -0.4 is 5.32 Å². The molecule has 3 N–H and O–H groups in total. The molecule has 0 radical (unpaired) electrons. The molecule has 7 heteroatoms. The first-order chi connectivity index (χ1) is 9.18. The molecule has 7 nitrogen and oxygen atoms in total. The molecule has 2 rings (SSSR count). The highest BCUT2D eigenvalue weighted by Crippen LogP contribution is 2.28. The fourth-order valence-corrected chi connectivity index (χ4v) is 1.62. The number of rotatable bonds is 8. The molecule has 19 heavy (non-hydrogen) atoms. The number of carbonyl (C=O) groups is 2. The number of hydrogen-bond acceptors (Lipinski definition) is 4.